The van der Waals surface area contributed by atoms with E-state index in [1.54, 1.807) is 20.4 Å². The lowest BCUT2D eigenvalue weighted by molar-refractivity contribution is 0.393. The summed E-state index contributed by atoms with van der Waals surface area (Å²) in [6.07, 6.45) is 1.80. The van der Waals surface area contributed by atoms with Crippen molar-refractivity contribution in [1.29, 1.82) is 0 Å². The Morgan fingerprint density at radius 3 is 2.16 bits per heavy atom. The third kappa shape index (κ3) is 2.56. The number of hydrogen-bond donors (Lipinski definition) is 1. The van der Waals surface area contributed by atoms with Crippen LogP contribution in [0.15, 0.2) is 24.4 Å². The fourth-order valence-corrected chi connectivity index (χ4v) is 2.01. The van der Waals surface area contributed by atoms with Crippen molar-refractivity contribution in [1.82, 2.24) is 9.78 Å². The lowest BCUT2D eigenvalue weighted by atomic mass is 10.00. The minimum atomic E-state index is -0.252. The Bertz CT molecular complexity index is 556. The van der Waals surface area contributed by atoms with Crippen LogP contribution in [0.5, 0.6) is 11.5 Å². The van der Waals surface area contributed by atoms with Crippen molar-refractivity contribution in [3.63, 3.8) is 0 Å². The Kier molecular flexibility index (Phi) is 3.76. The van der Waals surface area contributed by atoms with Gasteiger partial charge in [0, 0.05) is 24.4 Å². The number of benzene rings is 1. The van der Waals surface area contributed by atoms with E-state index in [-0.39, 0.29) is 6.04 Å². The lowest BCUT2D eigenvalue weighted by Crippen LogP contribution is -2.13. The van der Waals surface area contributed by atoms with E-state index in [1.165, 1.54) is 0 Å². The molecule has 19 heavy (non-hydrogen) atoms. The highest BCUT2D eigenvalue weighted by molar-refractivity contribution is 5.43. The van der Waals surface area contributed by atoms with Crippen molar-refractivity contribution in [3.05, 3.63) is 41.2 Å². The molecule has 5 heteroatoms. The molecular formula is C14H19N3O2. The number of nitrogens with two attached hydrogens (primary N) is 1. The summed E-state index contributed by atoms with van der Waals surface area (Å²) in [7, 11) is 5.15. The quantitative estimate of drug-likeness (QED) is 0.911. The molecule has 0 saturated carbocycles. The van der Waals surface area contributed by atoms with Gasteiger partial charge in [-0.3, -0.25) is 4.68 Å². The third-order valence-electron chi connectivity index (χ3n) is 3.34. The standard InChI is InChI=1S/C14H19N3O2/c1-9-13(8-16-17(9)2)14(15)10-5-11(18-3)7-12(6-10)19-4/h5-8,14H,15H2,1-4H3. The number of nitrogens with zero attached hydrogens (tertiary/aromatic N) is 2. The zero-order chi connectivity index (χ0) is 14.0. The molecule has 0 spiro atoms. The largest absolute Gasteiger partial charge is 0.497 e. The fourth-order valence-electron chi connectivity index (χ4n) is 2.01. The second kappa shape index (κ2) is 5.32. The van der Waals surface area contributed by atoms with Crippen LogP contribution in [0.1, 0.15) is 22.9 Å². The van der Waals surface area contributed by atoms with E-state index in [1.807, 2.05) is 36.9 Å². The monoisotopic (exact) mass is 261 g/mol. The SMILES string of the molecule is COc1cc(OC)cc(C(N)c2cnn(C)c2C)c1. The minimum absolute atomic E-state index is 0.252. The van der Waals surface area contributed by atoms with E-state index >= 15 is 0 Å². The van der Waals surface area contributed by atoms with Gasteiger partial charge in [-0.15, -0.1) is 0 Å². The summed E-state index contributed by atoms with van der Waals surface area (Å²) in [4.78, 5) is 0. The first-order chi connectivity index (χ1) is 9.06. The molecule has 0 bridgehead atoms. The van der Waals surface area contributed by atoms with Gasteiger partial charge in [-0.25, -0.2) is 0 Å². The molecule has 5 nitrogen and oxygen atoms in total. The van der Waals surface area contributed by atoms with Gasteiger partial charge in [-0.05, 0) is 24.6 Å². The zero-order valence-corrected chi connectivity index (χ0v) is 11.7. The summed E-state index contributed by atoms with van der Waals surface area (Å²) in [5.74, 6) is 1.46. The second-order valence-corrected chi connectivity index (χ2v) is 4.43. The Labute approximate surface area is 112 Å². The van der Waals surface area contributed by atoms with Gasteiger partial charge in [0.2, 0.25) is 0 Å². The molecule has 102 valence electrons. The van der Waals surface area contributed by atoms with E-state index in [4.69, 9.17) is 15.2 Å². The molecule has 0 aliphatic heterocycles. The van der Waals surface area contributed by atoms with Crippen LogP contribution < -0.4 is 15.2 Å². The van der Waals surface area contributed by atoms with Gasteiger partial charge in [0.15, 0.2) is 0 Å². The molecule has 2 aromatic rings. The van der Waals surface area contributed by atoms with Crippen LogP contribution in [-0.4, -0.2) is 24.0 Å². The summed E-state index contributed by atoms with van der Waals surface area (Å²) in [6, 6.07) is 5.41. The molecule has 0 aliphatic rings. The zero-order valence-electron chi connectivity index (χ0n) is 11.7. The molecule has 0 fully saturated rings. The first-order valence-corrected chi connectivity index (χ1v) is 6.04. The van der Waals surface area contributed by atoms with Gasteiger partial charge in [0.05, 0.1) is 26.5 Å². The first-order valence-electron chi connectivity index (χ1n) is 6.04. The topological polar surface area (TPSA) is 62.3 Å². The van der Waals surface area contributed by atoms with E-state index < -0.39 is 0 Å². The van der Waals surface area contributed by atoms with Crippen molar-refractivity contribution >= 4 is 0 Å². The predicted molar refractivity (Wildman–Crippen MR) is 73.5 cm³/mol. The first kappa shape index (κ1) is 13.4. The molecule has 1 unspecified atom stereocenters. The number of rotatable bonds is 4. The van der Waals surface area contributed by atoms with Crippen molar-refractivity contribution < 1.29 is 9.47 Å². The van der Waals surface area contributed by atoms with Gasteiger partial charge >= 0.3 is 0 Å². The van der Waals surface area contributed by atoms with Crippen LogP contribution in [0.3, 0.4) is 0 Å². The number of hydrogen-bond acceptors (Lipinski definition) is 4. The van der Waals surface area contributed by atoms with Crippen LogP contribution >= 0.6 is 0 Å². The van der Waals surface area contributed by atoms with Crippen molar-refractivity contribution in [3.8, 4) is 11.5 Å². The Balaban J connectivity index is 2.43. The summed E-state index contributed by atoms with van der Waals surface area (Å²) in [6.45, 7) is 2.00. The van der Waals surface area contributed by atoms with Crippen LogP contribution in [0.25, 0.3) is 0 Å². The minimum Gasteiger partial charge on any atom is -0.497 e. The van der Waals surface area contributed by atoms with E-state index in [2.05, 4.69) is 5.10 Å². The maximum atomic E-state index is 6.31. The third-order valence-corrected chi connectivity index (χ3v) is 3.34. The van der Waals surface area contributed by atoms with Gasteiger partial charge in [-0.2, -0.15) is 5.10 Å². The van der Waals surface area contributed by atoms with Crippen LogP contribution in [0.2, 0.25) is 0 Å². The molecule has 1 atom stereocenters. The van der Waals surface area contributed by atoms with Crippen LogP contribution in [-0.2, 0) is 7.05 Å². The second-order valence-electron chi connectivity index (χ2n) is 4.43. The van der Waals surface area contributed by atoms with Gasteiger partial charge in [-0.1, -0.05) is 0 Å². The molecule has 1 aromatic carbocycles. The van der Waals surface area contributed by atoms with Crippen LogP contribution in [0.4, 0.5) is 0 Å². The summed E-state index contributed by atoms with van der Waals surface area (Å²) in [5, 5.41) is 4.22. The van der Waals surface area contributed by atoms with E-state index in [0.717, 1.165) is 28.3 Å². The van der Waals surface area contributed by atoms with Crippen molar-refractivity contribution in [2.24, 2.45) is 12.8 Å². The number of methoxy groups -OCH3 is 2. The maximum absolute atomic E-state index is 6.31. The fraction of sp³-hybridized carbons (Fsp3) is 0.357. The molecule has 2 rings (SSSR count). The van der Waals surface area contributed by atoms with Crippen molar-refractivity contribution in [2.75, 3.05) is 14.2 Å². The maximum Gasteiger partial charge on any atom is 0.122 e. The molecule has 0 aliphatic carbocycles. The normalized spacial score (nSPS) is 12.3. The Morgan fingerprint density at radius 2 is 1.74 bits per heavy atom. The Morgan fingerprint density at radius 1 is 1.16 bits per heavy atom. The molecule has 2 N–H and O–H groups in total. The van der Waals surface area contributed by atoms with Crippen molar-refractivity contribution in [2.45, 2.75) is 13.0 Å². The number of aromatic nitrogens is 2. The summed E-state index contributed by atoms with van der Waals surface area (Å²) >= 11 is 0. The average molecular weight is 261 g/mol. The number of aryl methyl sites for hydroxylation is 1. The molecule has 0 radical (unpaired) electrons. The Hall–Kier alpha value is -2.01. The van der Waals surface area contributed by atoms with Gasteiger partial charge in [0.25, 0.3) is 0 Å². The average Bonchev–Trinajstić information content (AvgIpc) is 2.77. The summed E-state index contributed by atoms with van der Waals surface area (Å²) in [5.41, 5.74) is 9.30. The summed E-state index contributed by atoms with van der Waals surface area (Å²) < 4.78 is 12.3. The van der Waals surface area contributed by atoms with Crippen LogP contribution in [0, 0.1) is 6.92 Å². The van der Waals surface area contributed by atoms with Gasteiger partial charge < -0.3 is 15.2 Å². The highest BCUT2D eigenvalue weighted by Gasteiger charge is 2.16. The lowest BCUT2D eigenvalue weighted by Gasteiger charge is -2.14. The van der Waals surface area contributed by atoms with E-state index in [9.17, 15) is 0 Å². The molecular weight excluding hydrogens is 242 g/mol. The van der Waals surface area contributed by atoms with Gasteiger partial charge in [0.1, 0.15) is 11.5 Å². The predicted octanol–water partition coefficient (Wildman–Crippen LogP) is 1.79. The molecule has 0 saturated heterocycles. The van der Waals surface area contributed by atoms with E-state index in [0.29, 0.717) is 0 Å². The highest BCUT2D eigenvalue weighted by Crippen LogP contribution is 2.29. The molecule has 0 amide bonds. The highest BCUT2D eigenvalue weighted by atomic mass is 16.5. The number of ether oxygens (including phenoxy) is 2. The smallest absolute Gasteiger partial charge is 0.122 e. The molecule has 1 aromatic heterocycles. The molecule has 1 heterocycles.